The molecule has 2 aromatic carbocycles. The first-order valence-corrected chi connectivity index (χ1v) is 8.38. The maximum absolute atomic E-state index is 13.6. The number of sulfonamides is 1. The molecular formula is C16H18FNO3S. The molecule has 0 amide bonds. The Kier molecular flexibility index (Phi) is 5.51. The summed E-state index contributed by atoms with van der Waals surface area (Å²) in [6, 6.07) is 13.4. The van der Waals surface area contributed by atoms with Crippen LogP contribution in [0.1, 0.15) is 12.0 Å². The molecule has 0 aliphatic heterocycles. The zero-order valence-corrected chi connectivity index (χ0v) is 13.1. The summed E-state index contributed by atoms with van der Waals surface area (Å²) in [7, 11) is -2.38. The van der Waals surface area contributed by atoms with Crippen molar-refractivity contribution < 1.29 is 17.5 Å². The highest BCUT2D eigenvalue weighted by molar-refractivity contribution is 7.89. The van der Waals surface area contributed by atoms with E-state index in [0.717, 1.165) is 18.1 Å². The summed E-state index contributed by atoms with van der Waals surface area (Å²) in [5, 5.41) is 0. The minimum atomic E-state index is -3.71. The van der Waals surface area contributed by atoms with Crippen LogP contribution in [0.25, 0.3) is 0 Å². The Bertz CT molecular complexity index is 717. The van der Waals surface area contributed by atoms with Crippen molar-refractivity contribution in [3.8, 4) is 5.75 Å². The van der Waals surface area contributed by atoms with E-state index < -0.39 is 15.8 Å². The average molecular weight is 323 g/mol. The van der Waals surface area contributed by atoms with Crippen LogP contribution in [-0.2, 0) is 16.4 Å². The molecule has 0 spiro atoms. The molecule has 0 fully saturated rings. The Hall–Kier alpha value is -1.92. The molecule has 0 aliphatic carbocycles. The lowest BCUT2D eigenvalue weighted by Crippen LogP contribution is -2.25. The van der Waals surface area contributed by atoms with Crippen molar-refractivity contribution in [3.05, 3.63) is 59.9 Å². The van der Waals surface area contributed by atoms with Crippen LogP contribution in [0.5, 0.6) is 5.75 Å². The second-order valence-electron chi connectivity index (χ2n) is 4.78. The zero-order chi connectivity index (χ0) is 16.0. The van der Waals surface area contributed by atoms with Gasteiger partial charge in [0.15, 0.2) is 11.6 Å². The Morgan fingerprint density at radius 1 is 1.14 bits per heavy atom. The van der Waals surface area contributed by atoms with Crippen LogP contribution in [0, 0.1) is 5.82 Å². The van der Waals surface area contributed by atoms with Gasteiger partial charge in [0.25, 0.3) is 0 Å². The molecule has 2 aromatic rings. The summed E-state index contributed by atoms with van der Waals surface area (Å²) in [6.45, 7) is 0.297. The van der Waals surface area contributed by atoms with Gasteiger partial charge >= 0.3 is 0 Å². The fraction of sp³-hybridized carbons (Fsp3) is 0.250. The molecule has 0 aromatic heterocycles. The summed E-state index contributed by atoms with van der Waals surface area (Å²) in [4.78, 5) is -0.106. The summed E-state index contributed by atoms with van der Waals surface area (Å²) >= 11 is 0. The van der Waals surface area contributed by atoms with Crippen molar-refractivity contribution in [2.24, 2.45) is 0 Å². The number of halogens is 1. The minimum absolute atomic E-state index is 0.0167. The highest BCUT2D eigenvalue weighted by atomic mass is 32.2. The third-order valence-corrected chi connectivity index (χ3v) is 4.67. The minimum Gasteiger partial charge on any atom is -0.494 e. The maximum Gasteiger partial charge on any atom is 0.240 e. The van der Waals surface area contributed by atoms with Gasteiger partial charge in [0.05, 0.1) is 12.0 Å². The number of ether oxygens (including phenoxy) is 1. The maximum atomic E-state index is 13.6. The van der Waals surface area contributed by atoms with Gasteiger partial charge < -0.3 is 4.74 Å². The molecule has 4 nitrogen and oxygen atoms in total. The third-order valence-electron chi connectivity index (χ3n) is 3.21. The molecule has 118 valence electrons. The molecule has 0 atom stereocenters. The smallest absolute Gasteiger partial charge is 0.240 e. The zero-order valence-electron chi connectivity index (χ0n) is 12.3. The van der Waals surface area contributed by atoms with Gasteiger partial charge in [0, 0.05) is 6.54 Å². The van der Waals surface area contributed by atoms with Crippen molar-refractivity contribution in [3.63, 3.8) is 0 Å². The Labute approximate surface area is 130 Å². The van der Waals surface area contributed by atoms with E-state index in [0.29, 0.717) is 13.0 Å². The van der Waals surface area contributed by atoms with Crippen LogP contribution in [0.4, 0.5) is 4.39 Å². The molecule has 0 saturated carbocycles. The summed E-state index contributed by atoms with van der Waals surface area (Å²) < 4.78 is 45.0. The lowest BCUT2D eigenvalue weighted by molar-refractivity contribution is 0.385. The van der Waals surface area contributed by atoms with E-state index in [1.54, 1.807) is 0 Å². The lowest BCUT2D eigenvalue weighted by Gasteiger charge is -2.08. The highest BCUT2D eigenvalue weighted by Gasteiger charge is 2.15. The van der Waals surface area contributed by atoms with Crippen LogP contribution in [0.3, 0.4) is 0 Å². The van der Waals surface area contributed by atoms with Crippen molar-refractivity contribution in [2.75, 3.05) is 13.7 Å². The first-order chi connectivity index (χ1) is 10.5. The molecule has 0 saturated heterocycles. The topological polar surface area (TPSA) is 55.4 Å². The monoisotopic (exact) mass is 323 g/mol. The second kappa shape index (κ2) is 7.38. The van der Waals surface area contributed by atoms with E-state index in [2.05, 4.69) is 4.72 Å². The van der Waals surface area contributed by atoms with Gasteiger partial charge in [-0.25, -0.2) is 17.5 Å². The number of rotatable bonds is 7. The molecule has 0 bridgehead atoms. The molecule has 0 aliphatic rings. The predicted molar refractivity (Wildman–Crippen MR) is 82.9 cm³/mol. The van der Waals surface area contributed by atoms with Crippen molar-refractivity contribution in [1.29, 1.82) is 0 Å². The SMILES string of the molecule is COc1ccc(S(=O)(=O)NCCCc2ccccc2)cc1F. The van der Waals surface area contributed by atoms with E-state index in [4.69, 9.17) is 4.74 Å². The van der Waals surface area contributed by atoms with Crippen LogP contribution < -0.4 is 9.46 Å². The molecule has 6 heteroatoms. The summed E-state index contributed by atoms with van der Waals surface area (Å²) in [6.07, 6.45) is 1.45. The van der Waals surface area contributed by atoms with Crippen LogP contribution in [0.2, 0.25) is 0 Å². The van der Waals surface area contributed by atoms with Gasteiger partial charge in [0.2, 0.25) is 10.0 Å². The fourth-order valence-corrected chi connectivity index (χ4v) is 3.13. The number of aryl methyl sites for hydroxylation is 1. The van der Waals surface area contributed by atoms with Gasteiger partial charge in [-0.05, 0) is 36.6 Å². The van der Waals surface area contributed by atoms with Gasteiger partial charge in [-0.15, -0.1) is 0 Å². The quantitative estimate of drug-likeness (QED) is 0.797. The fourth-order valence-electron chi connectivity index (χ4n) is 2.04. The van der Waals surface area contributed by atoms with Gasteiger partial charge in [0.1, 0.15) is 0 Å². The van der Waals surface area contributed by atoms with E-state index in [1.165, 1.54) is 19.2 Å². The Morgan fingerprint density at radius 2 is 1.86 bits per heavy atom. The van der Waals surface area contributed by atoms with Crippen molar-refractivity contribution in [2.45, 2.75) is 17.7 Å². The molecule has 0 heterocycles. The van der Waals surface area contributed by atoms with Crippen molar-refractivity contribution >= 4 is 10.0 Å². The normalized spacial score (nSPS) is 11.4. The number of methoxy groups -OCH3 is 1. The molecule has 0 unspecified atom stereocenters. The predicted octanol–water partition coefficient (Wildman–Crippen LogP) is 2.75. The van der Waals surface area contributed by atoms with E-state index in [1.807, 2.05) is 30.3 Å². The second-order valence-corrected chi connectivity index (χ2v) is 6.55. The van der Waals surface area contributed by atoms with Crippen LogP contribution in [-0.4, -0.2) is 22.1 Å². The Morgan fingerprint density at radius 3 is 2.50 bits per heavy atom. The van der Waals surface area contributed by atoms with Crippen LogP contribution in [0.15, 0.2) is 53.4 Å². The first kappa shape index (κ1) is 16.5. The Balaban J connectivity index is 1.92. The molecule has 2 rings (SSSR count). The third kappa shape index (κ3) is 4.29. The summed E-state index contributed by atoms with van der Waals surface area (Å²) in [5.41, 5.74) is 1.15. The number of hydrogen-bond donors (Lipinski definition) is 1. The number of hydrogen-bond acceptors (Lipinski definition) is 3. The average Bonchev–Trinajstić information content (AvgIpc) is 2.52. The molecule has 0 radical (unpaired) electrons. The largest absolute Gasteiger partial charge is 0.494 e. The molecule has 22 heavy (non-hydrogen) atoms. The lowest BCUT2D eigenvalue weighted by atomic mass is 10.1. The van der Waals surface area contributed by atoms with E-state index in [-0.39, 0.29) is 10.6 Å². The number of nitrogens with one attached hydrogen (secondary N) is 1. The first-order valence-electron chi connectivity index (χ1n) is 6.90. The molecule has 1 N–H and O–H groups in total. The van der Waals surface area contributed by atoms with E-state index >= 15 is 0 Å². The van der Waals surface area contributed by atoms with Crippen LogP contribution >= 0.6 is 0 Å². The number of benzene rings is 2. The summed E-state index contributed by atoms with van der Waals surface area (Å²) in [5.74, 6) is -0.683. The standard InChI is InChI=1S/C16H18FNO3S/c1-21-16-10-9-14(12-15(16)17)22(19,20)18-11-5-8-13-6-3-2-4-7-13/h2-4,6-7,9-10,12,18H,5,8,11H2,1H3. The van der Waals surface area contributed by atoms with Gasteiger partial charge in [-0.3, -0.25) is 0 Å². The van der Waals surface area contributed by atoms with Gasteiger partial charge in [-0.2, -0.15) is 0 Å². The van der Waals surface area contributed by atoms with E-state index in [9.17, 15) is 12.8 Å². The molecular weight excluding hydrogens is 305 g/mol. The van der Waals surface area contributed by atoms with Crippen molar-refractivity contribution in [1.82, 2.24) is 4.72 Å². The highest BCUT2D eigenvalue weighted by Crippen LogP contribution is 2.20. The van der Waals surface area contributed by atoms with Gasteiger partial charge in [-0.1, -0.05) is 30.3 Å².